The number of hydrogen-bond acceptors (Lipinski definition) is 2. The topological polar surface area (TPSA) is 15.3 Å². The van der Waals surface area contributed by atoms with Crippen LogP contribution >= 0.6 is 0 Å². The predicted molar refractivity (Wildman–Crippen MR) is 72.1 cm³/mol. The summed E-state index contributed by atoms with van der Waals surface area (Å²) in [6.07, 6.45) is -3.12. The van der Waals surface area contributed by atoms with Gasteiger partial charge in [-0.2, -0.15) is 13.2 Å². The summed E-state index contributed by atoms with van der Waals surface area (Å²) in [5.41, 5.74) is 0. The minimum atomic E-state index is -4.05. The van der Waals surface area contributed by atoms with Gasteiger partial charge in [0.25, 0.3) is 0 Å². The molecule has 0 aromatic carbocycles. The van der Waals surface area contributed by atoms with Crippen molar-refractivity contribution in [2.45, 2.75) is 58.8 Å². The fraction of sp³-hybridized carbons (Fsp3) is 1.00. The van der Waals surface area contributed by atoms with E-state index in [1.54, 1.807) is 0 Å². The zero-order valence-corrected chi connectivity index (χ0v) is 12.4. The number of halogens is 3. The molecule has 1 aliphatic heterocycles. The van der Waals surface area contributed by atoms with Gasteiger partial charge in [0, 0.05) is 25.2 Å². The molecule has 0 aromatic rings. The third kappa shape index (κ3) is 5.30. The quantitative estimate of drug-likeness (QED) is 0.831. The molecule has 19 heavy (non-hydrogen) atoms. The van der Waals surface area contributed by atoms with Gasteiger partial charge in [-0.1, -0.05) is 27.7 Å². The van der Waals surface area contributed by atoms with Gasteiger partial charge < -0.3 is 5.32 Å². The number of alkyl halides is 3. The first-order valence-electron chi connectivity index (χ1n) is 7.26. The molecule has 2 unspecified atom stereocenters. The molecule has 1 rings (SSSR count). The fourth-order valence-electron chi connectivity index (χ4n) is 2.72. The van der Waals surface area contributed by atoms with Crippen LogP contribution < -0.4 is 5.32 Å². The lowest BCUT2D eigenvalue weighted by Crippen LogP contribution is -2.52. The van der Waals surface area contributed by atoms with E-state index in [4.69, 9.17) is 0 Å². The van der Waals surface area contributed by atoms with Gasteiger partial charge in [0.2, 0.25) is 0 Å². The Hall–Kier alpha value is -0.290. The zero-order chi connectivity index (χ0) is 14.6. The maximum absolute atomic E-state index is 12.9. The van der Waals surface area contributed by atoms with Gasteiger partial charge in [-0.05, 0) is 25.3 Å². The Balaban J connectivity index is 2.63. The van der Waals surface area contributed by atoms with Crippen molar-refractivity contribution in [1.82, 2.24) is 10.2 Å². The number of piperidine rings is 1. The van der Waals surface area contributed by atoms with E-state index in [2.05, 4.69) is 33.0 Å². The average molecular weight is 280 g/mol. The molecule has 1 aliphatic rings. The van der Waals surface area contributed by atoms with E-state index in [0.717, 1.165) is 13.1 Å². The smallest absolute Gasteiger partial charge is 0.313 e. The van der Waals surface area contributed by atoms with Crippen molar-refractivity contribution >= 4 is 0 Å². The lowest BCUT2D eigenvalue weighted by atomic mass is 9.93. The summed E-state index contributed by atoms with van der Waals surface area (Å²) in [4.78, 5) is 2.03. The van der Waals surface area contributed by atoms with Gasteiger partial charge in [0.1, 0.15) is 0 Å². The molecule has 2 nitrogen and oxygen atoms in total. The van der Waals surface area contributed by atoms with Crippen molar-refractivity contribution in [2.24, 2.45) is 11.8 Å². The summed E-state index contributed by atoms with van der Waals surface area (Å²) in [5, 5.41) is 3.35. The van der Waals surface area contributed by atoms with Crippen molar-refractivity contribution in [2.75, 3.05) is 19.6 Å². The van der Waals surface area contributed by atoms with E-state index in [1.807, 2.05) is 4.90 Å². The molecule has 2 atom stereocenters. The van der Waals surface area contributed by atoms with Crippen molar-refractivity contribution in [3.63, 3.8) is 0 Å². The van der Waals surface area contributed by atoms with Crippen molar-refractivity contribution < 1.29 is 13.2 Å². The van der Waals surface area contributed by atoms with Gasteiger partial charge in [-0.3, -0.25) is 4.90 Å². The first-order chi connectivity index (χ1) is 8.71. The SMILES string of the molecule is CC(C)NCC(C(C)C)N1CCCC(C(F)(F)F)C1. The number of rotatable bonds is 5. The Kier molecular flexibility index (Phi) is 6.12. The zero-order valence-electron chi connectivity index (χ0n) is 12.4. The molecular weight excluding hydrogens is 253 g/mol. The molecular formula is C14H27F3N2. The molecule has 0 aromatic heterocycles. The van der Waals surface area contributed by atoms with Gasteiger partial charge >= 0.3 is 6.18 Å². The molecule has 1 heterocycles. The lowest BCUT2D eigenvalue weighted by Gasteiger charge is -2.41. The van der Waals surface area contributed by atoms with E-state index >= 15 is 0 Å². The third-order valence-electron chi connectivity index (χ3n) is 3.89. The first-order valence-corrected chi connectivity index (χ1v) is 7.26. The molecule has 114 valence electrons. The van der Waals surface area contributed by atoms with Crippen LogP contribution in [0.3, 0.4) is 0 Å². The minimum Gasteiger partial charge on any atom is -0.313 e. The van der Waals surface area contributed by atoms with Crippen LogP contribution in [0.15, 0.2) is 0 Å². The van der Waals surface area contributed by atoms with Crippen molar-refractivity contribution in [3.05, 3.63) is 0 Å². The van der Waals surface area contributed by atoms with E-state index in [9.17, 15) is 13.2 Å². The van der Waals surface area contributed by atoms with Crippen LogP contribution in [-0.2, 0) is 0 Å². The molecule has 0 radical (unpaired) electrons. The Bertz CT molecular complexity index is 264. The van der Waals surface area contributed by atoms with Gasteiger partial charge in [-0.15, -0.1) is 0 Å². The molecule has 0 saturated carbocycles. The number of nitrogens with one attached hydrogen (secondary N) is 1. The molecule has 1 N–H and O–H groups in total. The maximum Gasteiger partial charge on any atom is 0.393 e. The molecule has 1 fully saturated rings. The summed E-state index contributed by atoms with van der Waals surface area (Å²) in [5.74, 6) is -0.792. The van der Waals surface area contributed by atoms with Gasteiger partial charge in [0.05, 0.1) is 5.92 Å². The van der Waals surface area contributed by atoms with Crippen LogP contribution in [0, 0.1) is 11.8 Å². The summed E-state index contributed by atoms with van der Waals surface area (Å²) in [7, 11) is 0. The number of likely N-dealkylation sites (tertiary alicyclic amines) is 1. The highest BCUT2D eigenvalue weighted by Gasteiger charge is 2.43. The molecule has 0 bridgehead atoms. The molecule has 1 saturated heterocycles. The normalized spacial score (nSPS) is 24.2. The Morgan fingerprint density at radius 2 is 1.84 bits per heavy atom. The van der Waals surface area contributed by atoms with E-state index in [0.29, 0.717) is 18.4 Å². The highest BCUT2D eigenvalue weighted by Crippen LogP contribution is 2.34. The molecule has 0 aliphatic carbocycles. The molecule has 0 amide bonds. The standard InChI is InChI=1S/C14H27F3N2/c1-10(2)13(8-18-11(3)4)19-7-5-6-12(9-19)14(15,16)17/h10-13,18H,5-9H2,1-4H3. The van der Waals surface area contributed by atoms with Crippen LogP contribution in [0.5, 0.6) is 0 Å². The van der Waals surface area contributed by atoms with Gasteiger partial charge in [-0.25, -0.2) is 0 Å². The van der Waals surface area contributed by atoms with E-state index in [-0.39, 0.29) is 19.0 Å². The van der Waals surface area contributed by atoms with Gasteiger partial charge in [0.15, 0.2) is 0 Å². The highest BCUT2D eigenvalue weighted by molar-refractivity contribution is 4.85. The highest BCUT2D eigenvalue weighted by atomic mass is 19.4. The monoisotopic (exact) mass is 280 g/mol. The Labute approximate surface area is 114 Å². The summed E-state index contributed by atoms with van der Waals surface area (Å²) < 4.78 is 38.6. The second-order valence-corrected chi connectivity index (χ2v) is 6.25. The second kappa shape index (κ2) is 6.93. The van der Waals surface area contributed by atoms with Crippen LogP contribution in [0.4, 0.5) is 13.2 Å². The number of hydrogen-bond donors (Lipinski definition) is 1. The van der Waals surface area contributed by atoms with Crippen molar-refractivity contribution in [3.8, 4) is 0 Å². The van der Waals surface area contributed by atoms with Crippen LogP contribution in [0.1, 0.15) is 40.5 Å². The van der Waals surface area contributed by atoms with Crippen LogP contribution in [0.25, 0.3) is 0 Å². The fourth-order valence-corrected chi connectivity index (χ4v) is 2.72. The predicted octanol–water partition coefficient (Wildman–Crippen LogP) is 3.28. The van der Waals surface area contributed by atoms with Crippen LogP contribution in [0.2, 0.25) is 0 Å². The second-order valence-electron chi connectivity index (χ2n) is 6.25. The minimum absolute atomic E-state index is 0.159. The Morgan fingerprint density at radius 3 is 2.32 bits per heavy atom. The summed E-state index contributed by atoms with van der Waals surface area (Å²) in [6, 6.07) is 0.553. The third-order valence-corrected chi connectivity index (χ3v) is 3.89. The molecule has 0 spiro atoms. The summed E-state index contributed by atoms with van der Waals surface area (Å²) in [6.45, 7) is 10.0. The maximum atomic E-state index is 12.9. The first kappa shape index (κ1) is 16.8. The van der Waals surface area contributed by atoms with Crippen LogP contribution in [-0.4, -0.2) is 42.8 Å². The summed E-state index contributed by atoms with van der Waals surface area (Å²) >= 11 is 0. The van der Waals surface area contributed by atoms with E-state index in [1.165, 1.54) is 0 Å². The van der Waals surface area contributed by atoms with E-state index < -0.39 is 12.1 Å². The lowest BCUT2D eigenvalue weighted by molar-refractivity contribution is -0.189. The number of nitrogens with zero attached hydrogens (tertiary/aromatic N) is 1. The average Bonchev–Trinajstić information content (AvgIpc) is 2.27. The largest absolute Gasteiger partial charge is 0.393 e. The Morgan fingerprint density at radius 1 is 1.21 bits per heavy atom. The van der Waals surface area contributed by atoms with Crippen molar-refractivity contribution in [1.29, 1.82) is 0 Å². The molecule has 5 heteroatoms.